The molecule has 0 N–H and O–H groups in total. The van der Waals surface area contributed by atoms with Crippen LogP contribution < -0.4 is 4.74 Å². The van der Waals surface area contributed by atoms with E-state index in [-0.39, 0.29) is 11.7 Å². The number of para-hydroxylation sites is 1. The van der Waals surface area contributed by atoms with Crippen LogP contribution in [0.25, 0.3) is 17.1 Å². The van der Waals surface area contributed by atoms with Gasteiger partial charge in [-0.2, -0.15) is 0 Å². The van der Waals surface area contributed by atoms with Crippen molar-refractivity contribution in [2.24, 2.45) is 0 Å². The van der Waals surface area contributed by atoms with Crippen LogP contribution in [0.1, 0.15) is 12.7 Å². The minimum atomic E-state index is -0.410. The molecule has 2 heterocycles. The molecule has 2 aromatic carbocycles. The van der Waals surface area contributed by atoms with E-state index in [0.717, 1.165) is 11.3 Å². The van der Waals surface area contributed by atoms with Gasteiger partial charge in [-0.1, -0.05) is 23.9 Å². The lowest BCUT2D eigenvalue weighted by Crippen LogP contribution is -2.27. The molecule has 170 valence electrons. The number of nitrogens with zero attached hydrogens (tertiary/aromatic N) is 4. The van der Waals surface area contributed by atoms with Gasteiger partial charge in [-0.15, -0.1) is 10.2 Å². The average molecular weight is 467 g/mol. The third-order valence-electron chi connectivity index (χ3n) is 4.87. The first-order valence-electron chi connectivity index (χ1n) is 10.4. The van der Waals surface area contributed by atoms with Crippen molar-refractivity contribution < 1.29 is 18.3 Å². The maximum Gasteiger partial charge on any atom is 0.233 e. The van der Waals surface area contributed by atoms with Gasteiger partial charge in [0.05, 0.1) is 30.9 Å². The highest BCUT2D eigenvalue weighted by molar-refractivity contribution is 7.99. The summed E-state index contributed by atoms with van der Waals surface area (Å²) in [4.78, 5) is 14.2. The Labute approximate surface area is 195 Å². The van der Waals surface area contributed by atoms with Gasteiger partial charge in [-0.05, 0) is 55.5 Å². The molecule has 4 rings (SSSR count). The molecule has 0 atom stereocenters. The topological polar surface area (TPSA) is 73.4 Å². The fraction of sp³-hybridized carbons (Fsp3) is 0.208. The number of carbonyl (C=O) groups is 1. The summed E-state index contributed by atoms with van der Waals surface area (Å²) in [5.41, 5.74) is 1.06. The highest BCUT2D eigenvalue weighted by Crippen LogP contribution is 2.30. The first-order valence-corrected chi connectivity index (χ1v) is 11.4. The lowest BCUT2D eigenvalue weighted by Gasteiger charge is -2.16. The van der Waals surface area contributed by atoms with Crippen LogP contribution in [-0.2, 0) is 11.3 Å². The highest BCUT2D eigenvalue weighted by Gasteiger charge is 2.20. The summed E-state index contributed by atoms with van der Waals surface area (Å²) in [6, 6.07) is 17.4. The minimum absolute atomic E-state index is 0.109. The molecule has 1 amide bonds. The normalized spacial score (nSPS) is 10.9. The van der Waals surface area contributed by atoms with E-state index in [4.69, 9.17) is 9.15 Å². The maximum atomic E-state index is 14.7. The molecule has 0 unspecified atom stereocenters. The van der Waals surface area contributed by atoms with Gasteiger partial charge < -0.3 is 14.1 Å². The zero-order valence-corrected chi connectivity index (χ0v) is 19.1. The van der Waals surface area contributed by atoms with Crippen molar-refractivity contribution in [2.75, 3.05) is 19.4 Å². The van der Waals surface area contributed by atoms with Gasteiger partial charge in [-0.3, -0.25) is 9.36 Å². The molecule has 7 nitrogen and oxygen atoms in total. The van der Waals surface area contributed by atoms with Crippen LogP contribution in [-0.4, -0.2) is 45.0 Å². The van der Waals surface area contributed by atoms with Crippen molar-refractivity contribution in [2.45, 2.75) is 18.6 Å². The van der Waals surface area contributed by atoms with Crippen molar-refractivity contribution in [1.29, 1.82) is 0 Å². The molecule has 0 aliphatic carbocycles. The van der Waals surface area contributed by atoms with Gasteiger partial charge in [0, 0.05) is 12.6 Å². The standard InChI is InChI=1S/C24H23FN4O3S/c1-3-31-18-12-10-17(11-13-18)23-26-27-24(29(23)21-9-5-4-8-20(21)25)33-16-22(30)28(2)15-19-7-6-14-32-19/h4-14H,3,15-16H2,1-2H3. The number of furan rings is 1. The van der Waals surface area contributed by atoms with Crippen molar-refractivity contribution >= 4 is 17.7 Å². The lowest BCUT2D eigenvalue weighted by atomic mass is 10.2. The Morgan fingerprint density at radius 1 is 1.12 bits per heavy atom. The van der Waals surface area contributed by atoms with Crippen LogP contribution in [0.4, 0.5) is 4.39 Å². The molecule has 0 aliphatic heterocycles. The van der Waals surface area contributed by atoms with Gasteiger partial charge in [0.2, 0.25) is 5.91 Å². The van der Waals surface area contributed by atoms with Crippen LogP contribution in [0.5, 0.6) is 5.75 Å². The van der Waals surface area contributed by atoms with E-state index in [1.807, 2.05) is 37.3 Å². The number of ether oxygens (including phenoxy) is 1. The molecule has 2 aromatic heterocycles. The molecule has 9 heteroatoms. The van der Waals surface area contributed by atoms with Crippen molar-refractivity contribution in [1.82, 2.24) is 19.7 Å². The number of amides is 1. The Bertz CT molecular complexity index is 1210. The summed E-state index contributed by atoms with van der Waals surface area (Å²) in [7, 11) is 1.71. The number of rotatable bonds is 9. The van der Waals surface area contributed by atoms with Crippen LogP contribution >= 0.6 is 11.8 Å². The summed E-state index contributed by atoms with van der Waals surface area (Å²) >= 11 is 1.20. The monoisotopic (exact) mass is 466 g/mol. The van der Waals surface area contributed by atoms with E-state index in [0.29, 0.717) is 35.6 Å². The van der Waals surface area contributed by atoms with Crippen LogP contribution in [0, 0.1) is 5.82 Å². The fourth-order valence-corrected chi connectivity index (χ4v) is 4.11. The molecule has 33 heavy (non-hydrogen) atoms. The Balaban J connectivity index is 1.60. The predicted molar refractivity (Wildman–Crippen MR) is 124 cm³/mol. The summed E-state index contributed by atoms with van der Waals surface area (Å²) in [5, 5.41) is 8.99. The molecule has 0 fully saturated rings. The number of thioether (sulfide) groups is 1. The molecule has 0 saturated carbocycles. The van der Waals surface area contributed by atoms with Gasteiger partial charge in [0.15, 0.2) is 11.0 Å². The van der Waals surface area contributed by atoms with Crippen LogP contribution in [0.15, 0.2) is 76.5 Å². The van der Waals surface area contributed by atoms with Crippen molar-refractivity contribution in [3.63, 3.8) is 0 Å². The quantitative estimate of drug-likeness (QED) is 0.330. The first kappa shape index (κ1) is 22.6. The lowest BCUT2D eigenvalue weighted by molar-refractivity contribution is -0.127. The molecule has 0 radical (unpaired) electrons. The summed E-state index contributed by atoms with van der Waals surface area (Å²) in [5.74, 6) is 1.51. The van der Waals surface area contributed by atoms with Gasteiger partial charge in [0.1, 0.15) is 17.3 Å². The van der Waals surface area contributed by atoms with E-state index >= 15 is 0 Å². The molecule has 4 aromatic rings. The third kappa shape index (κ3) is 5.25. The molecule has 0 spiro atoms. The molecular weight excluding hydrogens is 443 g/mol. The number of hydrogen-bond donors (Lipinski definition) is 0. The second-order valence-electron chi connectivity index (χ2n) is 7.17. The summed E-state index contributed by atoms with van der Waals surface area (Å²) in [6.45, 7) is 2.84. The maximum absolute atomic E-state index is 14.7. The second kappa shape index (κ2) is 10.4. The van der Waals surface area contributed by atoms with E-state index in [9.17, 15) is 9.18 Å². The number of halogens is 1. The largest absolute Gasteiger partial charge is 0.494 e. The van der Waals surface area contributed by atoms with E-state index in [1.165, 1.54) is 17.8 Å². The third-order valence-corrected chi connectivity index (χ3v) is 5.79. The minimum Gasteiger partial charge on any atom is -0.494 e. The SMILES string of the molecule is CCOc1ccc(-c2nnc(SCC(=O)N(C)Cc3ccco3)n2-c2ccccc2F)cc1. The van der Waals surface area contributed by atoms with E-state index in [2.05, 4.69) is 10.2 Å². The van der Waals surface area contributed by atoms with Crippen LogP contribution in [0.3, 0.4) is 0 Å². The average Bonchev–Trinajstić information content (AvgIpc) is 3.48. The number of benzene rings is 2. The zero-order valence-electron chi connectivity index (χ0n) is 18.3. The van der Waals surface area contributed by atoms with Gasteiger partial charge in [-0.25, -0.2) is 4.39 Å². The zero-order chi connectivity index (χ0) is 23.2. The predicted octanol–water partition coefficient (Wildman–Crippen LogP) is 4.82. The summed E-state index contributed by atoms with van der Waals surface area (Å²) < 4.78 is 27.2. The first-order chi connectivity index (χ1) is 16.1. The van der Waals surface area contributed by atoms with E-state index < -0.39 is 5.82 Å². The van der Waals surface area contributed by atoms with Crippen molar-refractivity contribution in [3.05, 3.63) is 78.5 Å². The molecular formula is C24H23FN4O3S. The Kier molecular flexibility index (Phi) is 7.09. The Hall–Kier alpha value is -3.59. The highest BCUT2D eigenvalue weighted by atomic mass is 32.2. The summed E-state index contributed by atoms with van der Waals surface area (Å²) in [6.07, 6.45) is 1.57. The molecule has 0 aliphatic rings. The number of hydrogen-bond acceptors (Lipinski definition) is 6. The van der Waals surface area contributed by atoms with Gasteiger partial charge in [0.25, 0.3) is 0 Å². The molecule has 0 saturated heterocycles. The van der Waals surface area contributed by atoms with E-state index in [1.54, 1.807) is 47.0 Å². The van der Waals surface area contributed by atoms with Gasteiger partial charge >= 0.3 is 0 Å². The second-order valence-corrected chi connectivity index (χ2v) is 8.11. The van der Waals surface area contributed by atoms with Crippen LogP contribution in [0.2, 0.25) is 0 Å². The Morgan fingerprint density at radius 2 is 1.91 bits per heavy atom. The number of aromatic nitrogens is 3. The fourth-order valence-electron chi connectivity index (χ4n) is 3.23. The van der Waals surface area contributed by atoms with Crippen molar-refractivity contribution in [3.8, 4) is 22.8 Å². The molecule has 0 bridgehead atoms. The Morgan fingerprint density at radius 3 is 2.61 bits per heavy atom. The smallest absolute Gasteiger partial charge is 0.233 e. The number of carbonyl (C=O) groups excluding carboxylic acids is 1.